The smallest absolute Gasteiger partial charge is 0.373 e. The van der Waals surface area contributed by atoms with Gasteiger partial charge in [0.05, 0.1) is 25.4 Å². The lowest BCUT2D eigenvalue weighted by molar-refractivity contribution is -0.162. The van der Waals surface area contributed by atoms with Crippen LogP contribution in [0.1, 0.15) is 68.7 Å². The van der Waals surface area contributed by atoms with E-state index in [0.29, 0.717) is 6.42 Å². The van der Waals surface area contributed by atoms with E-state index in [4.69, 9.17) is 14.2 Å². The van der Waals surface area contributed by atoms with Gasteiger partial charge in [0.15, 0.2) is 5.78 Å². The summed E-state index contributed by atoms with van der Waals surface area (Å²) in [6.07, 6.45) is 8.65. The summed E-state index contributed by atoms with van der Waals surface area (Å²) < 4.78 is 17.0. The Morgan fingerprint density at radius 3 is 2.26 bits per heavy atom. The highest BCUT2D eigenvalue weighted by Gasteiger charge is 2.38. The van der Waals surface area contributed by atoms with Crippen molar-refractivity contribution < 1.29 is 39.1 Å². The predicted molar refractivity (Wildman–Crippen MR) is 170 cm³/mol. The monoisotopic (exact) mass is 604 g/mol. The molecule has 0 spiro atoms. The lowest BCUT2D eigenvalue weighted by Gasteiger charge is -2.33. The van der Waals surface area contributed by atoms with E-state index >= 15 is 0 Å². The average molecular weight is 605 g/mol. The molecule has 0 unspecified atom stereocenters. The van der Waals surface area contributed by atoms with E-state index in [1.54, 1.807) is 32.1 Å². The van der Waals surface area contributed by atoms with E-state index in [1.807, 2.05) is 66.7 Å². The number of cyclic esters (lactones) is 1. The number of ether oxygens (including phenoxy) is 3. The fraction of sp³-hybridized carbons (Fsp3) is 0.657. The lowest BCUT2D eigenvalue weighted by atomic mass is 9.84. The number of carbonyl (C=O) groups is 2. The zero-order chi connectivity index (χ0) is 33.0. The molecular formula is C35H56O8. The largest absolute Gasteiger partial charge is 0.490 e. The second-order valence-electron chi connectivity index (χ2n) is 12.6. The van der Waals surface area contributed by atoms with E-state index in [2.05, 4.69) is 0 Å². The summed E-state index contributed by atoms with van der Waals surface area (Å²) in [6.45, 7) is 16.7. The van der Waals surface area contributed by atoms with E-state index in [-0.39, 0.29) is 35.2 Å². The van der Waals surface area contributed by atoms with Crippen LogP contribution in [0.3, 0.4) is 0 Å². The van der Waals surface area contributed by atoms with Crippen molar-refractivity contribution >= 4 is 11.8 Å². The van der Waals surface area contributed by atoms with Crippen LogP contribution >= 0.6 is 0 Å². The van der Waals surface area contributed by atoms with Crippen LogP contribution in [-0.4, -0.2) is 71.8 Å². The summed E-state index contributed by atoms with van der Waals surface area (Å²) >= 11 is 0. The highest BCUT2D eigenvalue weighted by atomic mass is 16.6. The Morgan fingerprint density at radius 1 is 1.07 bits per heavy atom. The first-order valence-corrected chi connectivity index (χ1v) is 15.3. The predicted octanol–water partition coefficient (Wildman–Crippen LogP) is 5.34. The quantitative estimate of drug-likeness (QED) is 0.226. The number of hydrogen-bond acceptors (Lipinski definition) is 8. The fourth-order valence-electron chi connectivity index (χ4n) is 5.43. The summed E-state index contributed by atoms with van der Waals surface area (Å²) in [5.74, 6) is -2.96. The zero-order valence-electron chi connectivity index (χ0n) is 28.0. The van der Waals surface area contributed by atoms with Crippen molar-refractivity contribution in [1.29, 1.82) is 0 Å². The number of methoxy groups -OCH3 is 2. The Labute approximate surface area is 259 Å². The highest BCUT2D eigenvalue weighted by molar-refractivity contribution is 5.92. The van der Waals surface area contributed by atoms with Crippen LogP contribution in [0.15, 0.2) is 59.4 Å². The van der Waals surface area contributed by atoms with Crippen LogP contribution in [0.4, 0.5) is 0 Å². The summed E-state index contributed by atoms with van der Waals surface area (Å²) in [5, 5.41) is 32.5. The molecule has 43 heavy (non-hydrogen) atoms. The SMILES string of the molecule is COC1=C/C(C)=C/[C@@H](C)[C@@H](O)[C@@H](C)C/C(C)=C/C=C/[C@H](OC)[C@@H]([C@@H](C)[C@@H](O)[C@H](C)C(=O)/C=C/[C@H](C)[C@H](O)C(C)C)OC1=O. The second-order valence-corrected chi connectivity index (χ2v) is 12.6. The number of aliphatic hydroxyl groups is 3. The van der Waals surface area contributed by atoms with Gasteiger partial charge in [-0.05, 0) is 44.3 Å². The Balaban J connectivity index is 3.46. The molecule has 1 aliphatic rings. The van der Waals surface area contributed by atoms with Crippen molar-refractivity contribution in [1.82, 2.24) is 0 Å². The molecule has 0 aliphatic carbocycles. The molecule has 8 nitrogen and oxygen atoms in total. The Bertz CT molecular complexity index is 1050. The van der Waals surface area contributed by atoms with Gasteiger partial charge in [-0.2, -0.15) is 0 Å². The van der Waals surface area contributed by atoms with E-state index in [1.165, 1.54) is 20.3 Å². The third-order valence-corrected chi connectivity index (χ3v) is 8.40. The molecule has 0 radical (unpaired) electrons. The number of allylic oxidation sites excluding steroid dienone is 6. The molecule has 0 fully saturated rings. The van der Waals surface area contributed by atoms with Gasteiger partial charge in [-0.3, -0.25) is 4.79 Å². The molecule has 3 N–H and O–H groups in total. The third-order valence-electron chi connectivity index (χ3n) is 8.40. The van der Waals surface area contributed by atoms with Gasteiger partial charge in [-0.15, -0.1) is 0 Å². The van der Waals surface area contributed by atoms with Gasteiger partial charge >= 0.3 is 5.97 Å². The van der Waals surface area contributed by atoms with Gasteiger partial charge in [0.2, 0.25) is 5.76 Å². The van der Waals surface area contributed by atoms with Crippen molar-refractivity contribution in [3.63, 3.8) is 0 Å². The van der Waals surface area contributed by atoms with Crippen LogP contribution in [0, 0.1) is 35.5 Å². The fourth-order valence-corrected chi connectivity index (χ4v) is 5.43. The minimum atomic E-state index is -1.17. The molecule has 0 aromatic heterocycles. The van der Waals surface area contributed by atoms with Crippen LogP contribution in [0.25, 0.3) is 0 Å². The van der Waals surface area contributed by atoms with Crippen molar-refractivity contribution in [2.24, 2.45) is 35.5 Å². The summed E-state index contributed by atoms with van der Waals surface area (Å²) in [4.78, 5) is 26.4. The van der Waals surface area contributed by atoms with Gasteiger partial charge < -0.3 is 29.5 Å². The van der Waals surface area contributed by atoms with Crippen LogP contribution in [0.2, 0.25) is 0 Å². The van der Waals surface area contributed by atoms with Gasteiger partial charge in [-0.25, -0.2) is 4.79 Å². The maximum absolute atomic E-state index is 13.4. The molecule has 1 aliphatic heterocycles. The van der Waals surface area contributed by atoms with E-state index in [9.17, 15) is 24.9 Å². The molecular weight excluding hydrogens is 548 g/mol. The number of rotatable bonds is 10. The number of hydrogen-bond donors (Lipinski definition) is 3. The minimum absolute atomic E-state index is 0.00159. The molecule has 1 heterocycles. The number of ketones is 1. The molecule has 0 aromatic carbocycles. The molecule has 1 rings (SSSR count). The Kier molecular flexibility index (Phi) is 16.4. The lowest BCUT2D eigenvalue weighted by Crippen LogP contribution is -2.45. The van der Waals surface area contributed by atoms with Gasteiger partial charge in [0.1, 0.15) is 12.2 Å². The average Bonchev–Trinajstić information content (AvgIpc) is 2.96. The van der Waals surface area contributed by atoms with Crippen molar-refractivity contribution in [3.8, 4) is 0 Å². The third kappa shape index (κ3) is 11.8. The molecule has 0 aromatic rings. The first kappa shape index (κ1) is 38.5. The first-order chi connectivity index (χ1) is 20.0. The Morgan fingerprint density at radius 2 is 1.70 bits per heavy atom. The Hall–Kier alpha value is -2.52. The summed E-state index contributed by atoms with van der Waals surface area (Å²) in [5.41, 5.74) is 1.78. The number of esters is 1. The molecule has 0 amide bonds. The normalized spacial score (nSPS) is 31.5. The van der Waals surface area contributed by atoms with Gasteiger partial charge in [0.25, 0.3) is 0 Å². The zero-order valence-corrected chi connectivity index (χ0v) is 28.0. The highest BCUT2D eigenvalue weighted by Crippen LogP contribution is 2.27. The molecule has 0 saturated heterocycles. The van der Waals surface area contributed by atoms with Crippen molar-refractivity contribution in [2.75, 3.05) is 14.2 Å². The number of aliphatic hydroxyl groups excluding tert-OH is 3. The van der Waals surface area contributed by atoms with Crippen LogP contribution in [-0.2, 0) is 23.8 Å². The van der Waals surface area contributed by atoms with Gasteiger partial charge in [0, 0.05) is 30.8 Å². The molecule has 10 atom stereocenters. The van der Waals surface area contributed by atoms with Gasteiger partial charge in [-0.1, -0.05) is 90.0 Å². The van der Waals surface area contributed by atoms with Crippen molar-refractivity contribution in [2.45, 2.75) is 99.3 Å². The van der Waals surface area contributed by atoms with Crippen molar-refractivity contribution in [3.05, 3.63) is 59.4 Å². The first-order valence-electron chi connectivity index (χ1n) is 15.3. The minimum Gasteiger partial charge on any atom is -0.490 e. The topological polar surface area (TPSA) is 123 Å². The standard InChI is InChI=1S/C35H56O8/c1-20(2)31(37)23(5)15-16-28(36)26(8)33(39)27(9)34-29(41-10)14-12-13-21(3)17-24(6)32(38)25(7)18-22(4)19-30(42-11)35(40)43-34/h12-16,18-20,23-27,29,31-34,37-39H,17H2,1-11H3/b14-12+,16-15+,21-13+,22-18+,30-19?/t23-,24-,25+,26+,27-,29-,31+,32-,33-,34+/m0/s1. The molecule has 0 bridgehead atoms. The molecule has 244 valence electrons. The maximum Gasteiger partial charge on any atom is 0.373 e. The van der Waals surface area contributed by atoms with Crippen LogP contribution < -0.4 is 0 Å². The second kappa shape index (κ2) is 18.3. The summed E-state index contributed by atoms with van der Waals surface area (Å²) in [6, 6.07) is 0. The summed E-state index contributed by atoms with van der Waals surface area (Å²) in [7, 11) is 2.86. The van der Waals surface area contributed by atoms with E-state index < -0.39 is 48.3 Å². The maximum atomic E-state index is 13.4. The van der Waals surface area contributed by atoms with Crippen LogP contribution in [0.5, 0.6) is 0 Å². The number of carbonyl (C=O) groups excluding carboxylic acids is 2. The van der Waals surface area contributed by atoms with E-state index in [0.717, 1.165) is 11.1 Å². The molecule has 8 heteroatoms. The molecule has 0 saturated carbocycles.